The molecule has 0 saturated heterocycles. The maximum Gasteiger partial charge on any atom is 0.297 e. The molecule has 2 aromatic rings. The molecular weight excluding hydrogens is 474 g/mol. The van der Waals surface area contributed by atoms with Gasteiger partial charge in [0.05, 0.1) is 25.3 Å². The molecule has 0 unspecified atom stereocenters. The number of pyridine rings is 1. The van der Waals surface area contributed by atoms with Gasteiger partial charge in [-0.2, -0.15) is 0 Å². The number of fused-ring (bicyclic) bond motifs is 1. The van der Waals surface area contributed by atoms with Crippen LogP contribution in [0.1, 0.15) is 130 Å². The molecule has 0 atom stereocenters. The first-order valence-electron chi connectivity index (χ1n) is 15.8. The zero-order valence-electron chi connectivity index (χ0n) is 25.0. The molecule has 0 amide bonds. The van der Waals surface area contributed by atoms with E-state index >= 15 is 0 Å². The van der Waals surface area contributed by atoms with Crippen LogP contribution in [0.2, 0.25) is 0 Å². The van der Waals surface area contributed by atoms with E-state index in [-0.39, 0.29) is 5.56 Å². The van der Waals surface area contributed by atoms with E-state index in [1.54, 1.807) is 0 Å². The Bertz CT molecular complexity index is 952. The Hall–Kier alpha value is -2.17. The minimum atomic E-state index is -0.0733. The smallest absolute Gasteiger partial charge is 0.297 e. The standard InChI is InChI=1S/C33H55NO4/c1-5-9-13-16-17-18-23-34-30-27-28(36-24-12-8-4)21-22-29(30)31(37-25-19-14-10-6-2)32(33(34)35)38-26-20-15-11-7-3/h21-22,27H,5-20,23-26H2,1-4H3. The summed E-state index contributed by atoms with van der Waals surface area (Å²) in [6.45, 7) is 11.3. The van der Waals surface area contributed by atoms with Crippen molar-refractivity contribution in [1.29, 1.82) is 0 Å². The van der Waals surface area contributed by atoms with Crippen LogP contribution in [0.4, 0.5) is 0 Å². The Morgan fingerprint density at radius 2 is 1.11 bits per heavy atom. The molecule has 0 fully saturated rings. The second-order valence-electron chi connectivity index (χ2n) is 10.6. The van der Waals surface area contributed by atoms with Crippen LogP contribution >= 0.6 is 0 Å². The van der Waals surface area contributed by atoms with Gasteiger partial charge >= 0.3 is 0 Å². The topological polar surface area (TPSA) is 49.7 Å². The van der Waals surface area contributed by atoms with E-state index in [0.29, 0.717) is 37.9 Å². The average molecular weight is 530 g/mol. The third-order valence-corrected chi connectivity index (χ3v) is 7.14. The van der Waals surface area contributed by atoms with Gasteiger partial charge in [0.25, 0.3) is 5.56 Å². The number of unbranched alkanes of at least 4 members (excludes halogenated alkanes) is 12. The summed E-state index contributed by atoms with van der Waals surface area (Å²) >= 11 is 0. The minimum absolute atomic E-state index is 0.0733. The van der Waals surface area contributed by atoms with Crippen molar-refractivity contribution in [2.45, 2.75) is 137 Å². The summed E-state index contributed by atoms with van der Waals surface area (Å²) in [5.74, 6) is 1.80. The Balaban J connectivity index is 2.40. The molecule has 1 aromatic heterocycles. The molecule has 38 heavy (non-hydrogen) atoms. The van der Waals surface area contributed by atoms with Crippen LogP contribution in [-0.2, 0) is 6.54 Å². The van der Waals surface area contributed by atoms with Crippen LogP contribution in [0.25, 0.3) is 10.9 Å². The van der Waals surface area contributed by atoms with Crippen molar-refractivity contribution in [2.24, 2.45) is 0 Å². The molecular formula is C33H55NO4. The molecule has 0 aliphatic heterocycles. The number of nitrogens with zero attached hydrogens (tertiary/aromatic N) is 1. The summed E-state index contributed by atoms with van der Waals surface area (Å²) in [4.78, 5) is 13.9. The molecule has 216 valence electrons. The Morgan fingerprint density at radius 1 is 0.579 bits per heavy atom. The molecule has 0 saturated carbocycles. The van der Waals surface area contributed by atoms with Crippen LogP contribution in [-0.4, -0.2) is 24.4 Å². The average Bonchev–Trinajstić information content (AvgIpc) is 2.92. The first kappa shape index (κ1) is 32.0. The fourth-order valence-corrected chi connectivity index (χ4v) is 4.75. The van der Waals surface area contributed by atoms with Gasteiger partial charge in [-0.05, 0) is 37.8 Å². The highest BCUT2D eigenvalue weighted by Crippen LogP contribution is 2.35. The van der Waals surface area contributed by atoms with Gasteiger partial charge < -0.3 is 18.8 Å². The van der Waals surface area contributed by atoms with Crippen molar-refractivity contribution < 1.29 is 14.2 Å². The number of benzene rings is 1. The first-order chi connectivity index (χ1) is 18.7. The minimum Gasteiger partial charge on any atom is -0.494 e. The lowest BCUT2D eigenvalue weighted by Gasteiger charge is -2.19. The number of ether oxygens (including phenoxy) is 3. The van der Waals surface area contributed by atoms with Crippen LogP contribution in [0.15, 0.2) is 23.0 Å². The third kappa shape index (κ3) is 10.9. The quantitative estimate of drug-likeness (QED) is 0.135. The SMILES string of the molecule is CCCCCCCCn1c(=O)c(OCCCCCC)c(OCCCCCC)c2ccc(OCCCC)cc21. The van der Waals surface area contributed by atoms with E-state index in [1.807, 2.05) is 16.7 Å². The van der Waals surface area contributed by atoms with Crippen molar-refractivity contribution >= 4 is 10.9 Å². The van der Waals surface area contributed by atoms with E-state index in [2.05, 4.69) is 33.8 Å². The van der Waals surface area contributed by atoms with Crippen molar-refractivity contribution in [3.05, 3.63) is 28.6 Å². The second kappa shape index (κ2) is 19.8. The van der Waals surface area contributed by atoms with E-state index < -0.39 is 0 Å². The predicted octanol–water partition coefficient (Wildman–Crippen LogP) is 9.46. The number of rotatable bonds is 23. The molecule has 0 radical (unpaired) electrons. The summed E-state index contributed by atoms with van der Waals surface area (Å²) in [7, 11) is 0. The fraction of sp³-hybridized carbons (Fsp3) is 0.727. The zero-order valence-corrected chi connectivity index (χ0v) is 25.0. The second-order valence-corrected chi connectivity index (χ2v) is 10.6. The molecule has 5 nitrogen and oxygen atoms in total. The lowest BCUT2D eigenvalue weighted by atomic mass is 10.1. The summed E-state index contributed by atoms with van der Waals surface area (Å²) in [6.07, 6.45) is 18.1. The number of hydrogen-bond donors (Lipinski definition) is 0. The fourth-order valence-electron chi connectivity index (χ4n) is 4.75. The van der Waals surface area contributed by atoms with Crippen LogP contribution in [0, 0.1) is 0 Å². The zero-order chi connectivity index (χ0) is 27.4. The lowest BCUT2D eigenvalue weighted by Crippen LogP contribution is -2.24. The molecule has 0 aliphatic rings. The highest BCUT2D eigenvalue weighted by molar-refractivity contribution is 5.89. The van der Waals surface area contributed by atoms with Gasteiger partial charge in [-0.1, -0.05) is 105 Å². The van der Waals surface area contributed by atoms with E-state index in [0.717, 1.165) is 68.0 Å². The van der Waals surface area contributed by atoms with Crippen LogP contribution in [0.3, 0.4) is 0 Å². The van der Waals surface area contributed by atoms with Gasteiger partial charge in [0, 0.05) is 18.0 Å². The van der Waals surface area contributed by atoms with Gasteiger partial charge in [0.15, 0.2) is 5.75 Å². The van der Waals surface area contributed by atoms with Gasteiger partial charge in [0.2, 0.25) is 5.75 Å². The molecule has 1 heterocycles. The van der Waals surface area contributed by atoms with Crippen LogP contribution in [0.5, 0.6) is 17.2 Å². The van der Waals surface area contributed by atoms with Gasteiger partial charge in [-0.3, -0.25) is 4.79 Å². The molecule has 0 N–H and O–H groups in total. The summed E-state index contributed by atoms with van der Waals surface area (Å²) in [6, 6.07) is 6.09. The number of hydrogen-bond acceptors (Lipinski definition) is 4. The Morgan fingerprint density at radius 3 is 1.74 bits per heavy atom. The monoisotopic (exact) mass is 529 g/mol. The molecule has 0 aliphatic carbocycles. The van der Waals surface area contributed by atoms with Crippen molar-refractivity contribution in [2.75, 3.05) is 19.8 Å². The molecule has 2 rings (SSSR count). The van der Waals surface area contributed by atoms with E-state index in [9.17, 15) is 4.79 Å². The summed E-state index contributed by atoms with van der Waals surface area (Å²) < 4.78 is 20.5. The van der Waals surface area contributed by atoms with Gasteiger partial charge in [-0.25, -0.2) is 0 Å². The van der Waals surface area contributed by atoms with Crippen molar-refractivity contribution in [1.82, 2.24) is 4.57 Å². The maximum absolute atomic E-state index is 13.9. The Kier molecular flexibility index (Phi) is 16.7. The summed E-state index contributed by atoms with van der Waals surface area (Å²) in [5, 5.41) is 0.942. The molecule has 5 heteroatoms. The lowest BCUT2D eigenvalue weighted by molar-refractivity contribution is 0.256. The van der Waals surface area contributed by atoms with Gasteiger partial charge in [0.1, 0.15) is 5.75 Å². The first-order valence-corrected chi connectivity index (χ1v) is 15.8. The number of aromatic nitrogens is 1. The molecule has 0 bridgehead atoms. The number of aryl methyl sites for hydroxylation is 1. The highest BCUT2D eigenvalue weighted by Gasteiger charge is 2.20. The largest absolute Gasteiger partial charge is 0.494 e. The molecule has 1 aromatic carbocycles. The van der Waals surface area contributed by atoms with Crippen molar-refractivity contribution in [3.8, 4) is 17.2 Å². The third-order valence-electron chi connectivity index (χ3n) is 7.14. The summed E-state index contributed by atoms with van der Waals surface area (Å²) in [5.41, 5.74) is 0.815. The van der Waals surface area contributed by atoms with Crippen molar-refractivity contribution in [3.63, 3.8) is 0 Å². The van der Waals surface area contributed by atoms with Crippen LogP contribution < -0.4 is 19.8 Å². The highest BCUT2D eigenvalue weighted by atomic mass is 16.5. The molecule has 0 spiro atoms. The maximum atomic E-state index is 13.9. The normalized spacial score (nSPS) is 11.3. The Labute approximate surface area is 232 Å². The predicted molar refractivity (Wildman–Crippen MR) is 161 cm³/mol. The van der Waals surface area contributed by atoms with Gasteiger partial charge in [-0.15, -0.1) is 0 Å². The van der Waals surface area contributed by atoms with E-state index in [4.69, 9.17) is 14.2 Å². The van der Waals surface area contributed by atoms with E-state index in [1.165, 1.54) is 51.4 Å².